The summed E-state index contributed by atoms with van der Waals surface area (Å²) < 4.78 is 5.16. The molecule has 1 N–H and O–H groups in total. The molecular formula is C14H15ClO2S. The molecule has 0 aliphatic rings. The molecule has 0 spiro atoms. The average molecular weight is 283 g/mol. The van der Waals surface area contributed by atoms with Gasteiger partial charge in [0.25, 0.3) is 0 Å². The number of benzene rings is 1. The van der Waals surface area contributed by atoms with Crippen LogP contribution < -0.4 is 4.74 Å². The first-order chi connectivity index (χ1) is 8.61. The standard InChI is InChI=1S/C14H15ClO2S/c1-9-8-18-14(13(9)15)12(16)7-10-4-3-5-11(6-10)17-2/h3-6,8,12,16H,7H2,1-2H3. The molecule has 1 aromatic heterocycles. The summed E-state index contributed by atoms with van der Waals surface area (Å²) in [6.45, 7) is 1.95. The molecule has 0 amide bonds. The predicted octanol–water partition coefficient (Wildman–Crippen LogP) is 3.99. The van der Waals surface area contributed by atoms with Crippen LogP contribution in [-0.4, -0.2) is 12.2 Å². The van der Waals surface area contributed by atoms with Gasteiger partial charge in [0.15, 0.2) is 0 Å². The molecule has 2 aromatic rings. The Kier molecular flexibility index (Phi) is 4.27. The second kappa shape index (κ2) is 5.74. The van der Waals surface area contributed by atoms with Crippen molar-refractivity contribution < 1.29 is 9.84 Å². The summed E-state index contributed by atoms with van der Waals surface area (Å²) >= 11 is 7.65. The Morgan fingerprint density at radius 3 is 2.83 bits per heavy atom. The van der Waals surface area contributed by atoms with Crippen LogP contribution in [-0.2, 0) is 6.42 Å². The maximum Gasteiger partial charge on any atom is 0.119 e. The van der Waals surface area contributed by atoms with Crippen molar-refractivity contribution in [1.82, 2.24) is 0 Å². The topological polar surface area (TPSA) is 29.5 Å². The van der Waals surface area contributed by atoms with Crippen molar-refractivity contribution in [3.05, 3.63) is 50.7 Å². The molecule has 96 valence electrons. The van der Waals surface area contributed by atoms with Gasteiger partial charge in [-0.05, 0) is 35.6 Å². The van der Waals surface area contributed by atoms with Gasteiger partial charge in [0.1, 0.15) is 5.75 Å². The zero-order valence-corrected chi connectivity index (χ0v) is 11.9. The zero-order chi connectivity index (χ0) is 13.1. The van der Waals surface area contributed by atoms with E-state index in [-0.39, 0.29) is 0 Å². The Balaban J connectivity index is 2.15. The number of hydrogen-bond donors (Lipinski definition) is 1. The van der Waals surface area contributed by atoms with Crippen molar-refractivity contribution in [2.75, 3.05) is 7.11 Å². The minimum Gasteiger partial charge on any atom is -0.497 e. The van der Waals surface area contributed by atoms with Crippen LogP contribution in [0.3, 0.4) is 0 Å². The first-order valence-electron chi connectivity index (χ1n) is 5.66. The molecule has 1 atom stereocenters. The van der Waals surface area contributed by atoms with Crippen LogP contribution in [0.15, 0.2) is 29.6 Å². The number of ether oxygens (including phenoxy) is 1. The molecule has 0 aliphatic heterocycles. The van der Waals surface area contributed by atoms with Gasteiger partial charge in [-0.1, -0.05) is 23.7 Å². The molecule has 0 saturated carbocycles. The van der Waals surface area contributed by atoms with Crippen LogP contribution in [0.4, 0.5) is 0 Å². The Hall–Kier alpha value is -1.03. The molecule has 0 saturated heterocycles. The second-order valence-electron chi connectivity index (χ2n) is 4.17. The summed E-state index contributed by atoms with van der Waals surface area (Å²) in [6, 6.07) is 7.71. The zero-order valence-electron chi connectivity index (χ0n) is 10.3. The van der Waals surface area contributed by atoms with E-state index in [1.807, 2.05) is 36.6 Å². The number of aliphatic hydroxyl groups excluding tert-OH is 1. The SMILES string of the molecule is COc1cccc(CC(O)c2scc(C)c2Cl)c1. The van der Waals surface area contributed by atoms with Gasteiger partial charge in [0.05, 0.1) is 23.1 Å². The first kappa shape index (κ1) is 13.4. The van der Waals surface area contributed by atoms with E-state index in [4.69, 9.17) is 16.3 Å². The van der Waals surface area contributed by atoms with Crippen molar-refractivity contribution in [3.63, 3.8) is 0 Å². The molecule has 1 aromatic carbocycles. The average Bonchev–Trinajstić information content (AvgIpc) is 2.70. The maximum absolute atomic E-state index is 10.2. The summed E-state index contributed by atoms with van der Waals surface area (Å²) in [7, 11) is 1.63. The lowest BCUT2D eigenvalue weighted by Crippen LogP contribution is -2.00. The van der Waals surface area contributed by atoms with E-state index in [0.717, 1.165) is 21.8 Å². The van der Waals surface area contributed by atoms with Crippen LogP contribution in [0.25, 0.3) is 0 Å². The number of halogens is 1. The van der Waals surface area contributed by atoms with E-state index in [1.165, 1.54) is 11.3 Å². The molecule has 0 radical (unpaired) electrons. The highest BCUT2D eigenvalue weighted by molar-refractivity contribution is 7.10. The van der Waals surface area contributed by atoms with Gasteiger partial charge in [-0.2, -0.15) is 0 Å². The van der Waals surface area contributed by atoms with E-state index in [2.05, 4.69) is 0 Å². The quantitative estimate of drug-likeness (QED) is 0.919. The normalized spacial score (nSPS) is 12.4. The third-order valence-corrected chi connectivity index (χ3v) is 4.61. The van der Waals surface area contributed by atoms with E-state index < -0.39 is 6.10 Å². The number of aliphatic hydroxyl groups is 1. The van der Waals surface area contributed by atoms with E-state index >= 15 is 0 Å². The van der Waals surface area contributed by atoms with Crippen LogP contribution >= 0.6 is 22.9 Å². The third kappa shape index (κ3) is 2.86. The lowest BCUT2D eigenvalue weighted by atomic mass is 10.1. The van der Waals surface area contributed by atoms with Crippen molar-refractivity contribution >= 4 is 22.9 Å². The molecule has 4 heteroatoms. The van der Waals surface area contributed by atoms with Crippen molar-refractivity contribution in [2.45, 2.75) is 19.4 Å². The second-order valence-corrected chi connectivity index (χ2v) is 5.46. The van der Waals surface area contributed by atoms with Gasteiger partial charge in [0, 0.05) is 6.42 Å². The highest BCUT2D eigenvalue weighted by Gasteiger charge is 2.16. The minimum absolute atomic E-state index is 0.539. The third-order valence-electron chi connectivity index (χ3n) is 2.79. The van der Waals surface area contributed by atoms with E-state index in [9.17, 15) is 5.11 Å². The lowest BCUT2D eigenvalue weighted by Gasteiger charge is -2.10. The number of methoxy groups -OCH3 is 1. The van der Waals surface area contributed by atoms with Crippen LogP contribution in [0.1, 0.15) is 22.1 Å². The fourth-order valence-corrected chi connectivity index (χ4v) is 3.10. The van der Waals surface area contributed by atoms with Gasteiger partial charge in [-0.25, -0.2) is 0 Å². The van der Waals surface area contributed by atoms with Gasteiger partial charge in [0.2, 0.25) is 0 Å². The first-order valence-corrected chi connectivity index (χ1v) is 6.92. The summed E-state index contributed by atoms with van der Waals surface area (Å²) in [5.41, 5.74) is 2.05. The smallest absolute Gasteiger partial charge is 0.119 e. The molecule has 1 heterocycles. The van der Waals surface area contributed by atoms with Crippen LogP contribution in [0.5, 0.6) is 5.75 Å². The number of thiophene rings is 1. The molecule has 0 aliphatic carbocycles. The molecule has 0 bridgehead atoms. The van der Waals surface area contributed by atoms with Crippen molar-refractivity contribution in [3.8, 4) is 5.75 Å². The van der Waals surface area contributed by atoms with E-state index in [1.54, 1.807) is 7.11 Å². The van der Waals surface area contributed by atoms with Gasteiger partial charge >= 0.3 is 0 Å². The predicted molar refractivity (Wildman–Crippen MR) is 75.7 cm³/mol. The molecular weight excluding hydrogens is 268 g/mol. The summed E-state index contributed by atoms with van der Waals surface area (Å²) in [6.07, 6.45) is -0.0278. The maximum atomic E-state index is 10.2. The summed E-state index contributed by atoms with van der Waals surface area (Å²) in [4.78, 5) is 0.831. The molecule has 0 fully saturated rings. The number of aryl methyl sites for hydroxylation is 1. The Morgan fingerprint density at radius 1 is 1.44 bits per heavy atom. The Morgan fingerprint density at radius 2 is 2.22 bits per heavy atom. The largest absolute Gasteiger partial charge is 0.497 e. The monoisotopic (exact) mass is 282 g/mol. The Bertz CT molecular complexity index is 536. The fraction of sp³-hybridized carbons (Fsp3) is 0.286. The lowest BCUT2D eigenvalue weighted by molar-refractivity contribution is 0.182. The molecule has 18 heavy (non-hydrogen) atoms. The van der Waals surface area contributed by atoms with E-state index in [0.29, 0.717) is 11.4 Å². The van der Waals surface area contributed by atoms with Crippen LogP contribution in [0.2, 0.25) is 5.02 Å². The van der Waals surface area contributed by atoms with Gasteiger partial charge < -0.3 is 9.84 Å². The van der Waals surface area contributed by atoms with Gasteiger partial charge in [-0.3, -0.25) is 0 Å². The van der Waals surface area contributed by atoms with Gasteiger partial charge in [-0.15, -0.1) is 11.3 Å². The number of rotatable bonds is 4. The fourth-order valence-electron chi connectivity index (χ4n) is 1.79. The Labute approximate surface area is 116 Å². The summed E-state index contributed by atoms with van der Waals surface area (Å²) in [5.74, 6) is 0.799. The van der Waals surface area contributed by atoms with Crippen molar-refractivity contribution in [1.29, 1.82) is 0 Å². The van der Waals surface area contributed by atoms with Crippen LogP contribution in [0, 0.1) is 6.92 Å². The summed E-state index contributed by atoms with van der Waals surface area (Å²) in [5, 5.41) is 12.9. The van der Waals surface area contributed by atoms with Crippen molar-refractivity contribution in [2.24, 2.45) is 0 Å². The number of hydrogen-bond acceptors (Lipinski definition) is 3. The molecule has 2 nitrogen and oxygen atoms in total. The highest BCUT2D eigenvalue weighted by Crippen LogP contribution is 2.34. The minimum atomic E-state index is -0.566. The molecule has 1 unspecified atom stereocenters. The highest BCUT2D eigenvalue weighted by atomic mass is 35.5. The molecule has 2 rings (SSSR count).